The van der Waals surface area contributed by atoms with Gasteiger partial charge in [-0.05, 0) is 18.6 Å². The summed E-state index contributed by atoms with van der Waals surface area (Å²) in [7, 11) is 0. The Kier molecular flexibility index (Phi) is 4.45. The second kappa shape index (κ2) is 5.63. The van der Waals surface area contributed by atoms with E-state index in [1.54, 1.807) is 0 Å². The number of nitrogens with zero attached hydrogens (tertiary/aromatic N) is 2. The van der Waals surface area contributed by atoms with E-state index >= 15 is 0 Å². The molecule has 1 rings (SSSR count). The summed E-state index contributed by atoms with van der Waals surface area (Å²) < 4.78 is 0. The molecule has 1 heterocycles. The van der Waals surface area contributed by atoms with Gasteiger partial charge in [0.15, 0.2) is 10.8 Å². The van der Waals surface area contributed by atoms with Crippen LogP contribution in [-0.4, -0.2) is 33.9 Å². The SMILES string of the molecule is CC[C@@H](CO)NC(=O)c1ccc(Cl)nn1. The molecule has 0 radical (unpaired) electrons. The number of aliphatic hydroxyl groups is 1. The number of amides is 1. The highest BCUT2D eigenvalue weighted by atomic mass is 35.5. The molecule has 0 aromatic carbocycles. The first kappa shape index (κ1) is 11.9. The maximum Gasteiger partial charge on any atom is 0.272 e. The van der Waals surface area contributed by atoms with E-state index in [1.165, 1.54) is 12.1 Å². The average Bonchev–Trinajstić information content (AvgIpc) is 2.26. The van der Waals surface area contributed by atoms with Crippen molar-refractivity contribution < 1.29 is 9.90 Å². The molecule has 1 amide bonds. The number of hydrogen-bond donors (Lipinski definition) is 2. The molecule has 0 saturated carbocycles. The molecule has 0 fully saturated rings. The largest absolute Gasteiger partial charge is 0.394 e. The molecule has 15 heavy (non-hydrogen) atoms. The van der Waals surface area contributed by atoms with Crippen LogP contribution in [0.5, 0.6) is 0 Å². The van der Waals surface area contributed by atoms with Gasteiger partial charge >= 0.3 is 0 Å². The number of aliphatic hydroxyl groups excluding tert-OH is 1. The first-order valence-corrected chi connectivity index (χ1v) is 4.96. The van der Waals surface area contributed by atoms with Gasteiger partial charge in [-0.2, -0.15) is 0 Å². The Morgan fingerprint density at radius 3 is 2.80 bits per heavy atom. The first-order valence-electron chi connectivity index (χ1n) is 4.58. The third kappa shape index (κ3) is 3.45. The Morgan fingerprint density at radius 1 is 1.60 bits per heavy atom. The minimum atomic E-state index is -0.361. The van der Waals surface area contributed by atoms with Crippen LogP contribution in [0.15, 0.2) is 12.1 Å². The van der Waals surface area contributed by atoms with E-state index in [4.69, 9.17) is 16.7 Å². The minimum Gasteiger partial charge on any atom is -0.394 e. The van der Waals surface area contributed by atoms with E-state index in [0.29, 0.717) is 6.42 Å². The van der Waals surface area contributed by atoms with Crippen molar-refractivity contribution in [3.8, 4) is 0 Å². The molecule has 1 atom stereocenters. The lowest BCUT2D eigenvalue weighted by Crippen LogP contribution is -2.37. The highest BCUT2D eigenvalue weighted by Gasteiger charge is 2.12. The number of carbonyl (C=O) groups excluding carboxylic acids is 1. The molecule has 1 aromatic heterocycles. The molecule has 0 spiro atoms. The molecule has 0 aliphatic heterocycles. The highest BCUT2D eigenvalue weighted by molar-refractivity contribution is 6.29. The number of aromatic nitrogens is 2. The van der Waals surface area contributed by atoms with Crippen molar-refractivity contribution in [1.29, 1.82) is 0 Å². The maximum atomic E-state index is 11.5. The summed E-state index contributed by atoms with van der Waals surface area (Å²) >= 11 is 5.53. The fourth-order valence-electron chi connectivity index (χ4n) is 0.973. The average molecular weight is 230 g/mol. The van der Waals surface area contributed by atoms with Gasteiger partial charge in [0, 0.05) is 0 Å². The topological polar surface area (TPSA) is 75.1 Å². The Hall–Kier alpha value is -1.20. The minimum absolute atomic E-state index is 0.0940. The molecular formula is C9H12ClN3O2. The van der Waals surface area contributed by atoms with Crippen LogP contribution >= 0.6 is 11.6 Å². The Labute approximate surface area is 92.5 Å². The van der Waals surface area contributed by atoms with Crippen LogP contribution in [-0.2, 0) is 0 Å². The summed E-state index contributed by atoms with van der Waals surface area (Å²) in [6.07, 6.45) is 0.656. The summed E-state index contributed by atoms with van der Waals surface area (Å²) in [6, 6.07) is 2.72. The Bertz CT molecular complexity index is 325. The van der Waals surface area contributed by atoms with Gasteiger partial charge in [0.25, 0.3) is 5.91 Å². The summed E-state index contributed by atoms with van der Waals surface area (Å²) in [5.41, 5.74) is 0.186. The lowest BCUT2D eigenvalue weighted by molar-refractivity contribution is 0.0909. The fraction of sp³-hybridized carbons (Fsp3) is 0.444. The lowest BCUT2D eigenvalue weighted by atomic mass is 10.2. The molecule has 82 valence electrons. The van der Waals surface area contributed by atoms with Crippen molar-refractivity contribution in [3.05, 3.63) is 23.0 Å². The standard InChI is InChI=1S/C9H12ClN3O2/c1-2-6(5-14)11-9(15)7-3-4-8(10)13-12-7/h3-4,6,14H,2,5H2,1H3,(H,11,15)/t6-/m0/s1. The fourth-order valence-corrected chi connectivity index (χ4v) is 1.07. The Morgan fingerprint density at radius 2 is 2.33 bits per heavy atom. The van der Waals surface area contributed by atoms with Crippen molar-refractivity contribution in [2.75, 3.05) is 6.61 Å². The van der Waals surface area contributed by atoms with Gasteiger partial charge in [-0.3, -0.25) is 4.79 Å². The zero-order chi connectivity index (χ0) is 11.3. The monoisotopic (exact) mass is 229 g/mol. The zero-order valence-electron chi connectivity index (χ0n) is 8.27. The van der Waals surface area contributed by atoms with E-state index in [0.717, 1.165) is 0 Å². The molecular weight excluding hydrogens is 218 g/mol. The van der Waals surface area contributed by atoms with Gasteiger partial charge in [0.05, 0.1) is 12.6 Å². The van der Waals surface area contributed by atoms with Crippen LogP contribution in [0, 0.1) is 0 Å². The third-order valence-corrected chi connectivity index (χ3v) is 2.11. The predicted octanol–water partition coefficient (Wildman–Crippen LogP) is 0.631. The number of nitrogens with one attached hydrogen (secondary N) is 1. The van der Waals surface area contributed by atoms with Crippen LogP contribution in [0.3, 0.4) is 0 Å². The number of rotatable bonds is 4. The smallest absolute Gasteiger partial charge is 0.272 e. The quantitative estimate of drug-likeness (QED) is 0.794. The second-order valence-electron chi connectivity index (χ2n) is 3.00. The molecule has 1 aromatic rings. The normalized spacial score (nSPS) is 12.2. The van der Waals surface area contributed by atoms with Gasteiger partial charge in [-0.25, -0.2) is 0 Å². The van der Waals surface area contributed by atoms with E-state index in [2.05, 4.69) is 15.5 Å². The van der Waals surface area contributed by atoms with Gasteiger partial charge in [0.1, 0.15) is 0 Å². The summed E-state index contributed by atoms with van der Waals surface area (Å²) in [6.45, 7) is 1.78. The van der Waals surface area contributed by atoms with Crippen molar-refractivity contribution in [1.82, 2.24) is 15.5 Å². The van der Waals surface area contributed by atoms with Gasteiger partial charge in [0.2, 0.25) is 0 Å². The van der Waals surface area contributed by atoms with Crippen molar-refractivity contribution in [2.45, 2.75) is 19.4 Å². The van der Waals surface area contributed by atoms with E-state index in [9.17, 15) is 4.79 Å². The molecule has 0 bridgehead atoms. The van der Waals surface area contributed by atoms with Gasteiger partial charge in [-0.1, -0.05) is 18.5 Å². The summed E-state index contributed by atoms with van der Waals surface area (Å²) in [5, 5.41) is 18.9. The zero-order valence-corrected chi connectivity index (χ0v) is 9.03. The van der Waals surface area contributed by atoms with Crippen molar-refractivity contribution in [2.24, 2.45) is 0 Å². The van der Waals surface area contributed by atoms with Crippen LogP contribution < -0.4 is 5.32 Å². The third-order valence-electron chi connectivity index (χ3n) is 1.91. The molecule has 0 saturated heterocycles. The van der Waals surface area contributed by atoms with Crippen LogP contribution in [0.2, 0.25) is 5.15 Å². The lowest BCUT2D eigenvalue weighted by Gasteiger charge is -2.12. The molecule has 0 aliphatic rings. The van der Waals surface area contributed by atoms with Gasteiger partial charge in [-0.15, -0.1) is 10.2 Å². The van der Waals surface area contributed by atoms with Crippen molar-refractivity contribution in [3.63, 3.8) is 0 Å². The Balaban J connectivity index is 2.64. The second-order valence-corrected chi connectivity index (χ2v) is 3.39. The van der Waals surface area contributed by atoms with E-state index in [-0.39, 0.29) is 29.4 Å². The molecule has 6 heteroatoms. The molecule has 2 N–H and O–H groups in total. The summed E-state index contributed by atoms with van der Waals surface area (Å²) in [5.74, 6) is -0.361. The van der Waals surface area contributed by atoms with Crippen LogP contribution in [0.25, 0.3) is 0 Å². The molecule has 0 aliphatic carbocycles. The van der Waals surface area contributed by atoms with E-state index < -0.39 is 0 Å². The maximum absolute atomic E-state index is 11.5. The number of hydrogen-bond acceptors (Lipinski definition) is 4. The number of carbonyl (C=O) groups is 1. The van der Waals surface area contributed by atoms with E-state index in [1.807, 2.05) is 6.92 Å². The van der Waals surface area contributed by atoms with Crippen LogP contribution in [0.1, 0.15) is 23.8 Å². The van der Waals surface area contributed by atoms with Crippen molar-refractivity contribution >= 4 is 17.5 Å². The first-order chi connectivity index (χ1) is 7.17. The highest BCUT2D eigenvalue weighted by Crippen LogP contribution is 2.02. The molecule has 0 unspecified atom stereocenters. The predicted molar refractivity (Wildman–Crippen MR) is 55.7 cm³/mol. The molecule has 5 nitrogen and oxygen atoms in total. The van der Waals surface area contributed by atoms with Crippen LogP contribution in [0.4, 0.5) is 0 Å². The number of halogens is 1. The summed E-state index contributed by atoms with van der Waals surface area (Å²) in [4.78, 5) is 11.5. The van der Waals surface area contributed by atoms with Gasteiger partial charge < -0.3 is 10.4 Å².